The van der Waals surface area contributed by atoms with Crippen molar-refractivity contribution in [3.05, 3.63) is 65.6 Å². The molecule has 1 fully saturated rings. The van der Waals surface area contributed by atoms with Crippen LogP contribution in [0, 0.1) is 0 Å². The molecule has 0 bridgehead atoms. The molecule has 27 heavy (non-hydrogen) atoms. The van der Waals surface area contributed by atoms with Crippen molar-refractivity contribution in [2.24, 2.45) is 0 Å². The van der Waals surface area contributed by atoms with Crippen LogP contribution in [0.25, 0.3) is 5.65 Å². The van der Waals surface area contributed by atoms with Crippen molar-refractivity contribution in [3.63, 3.8) is 0 Å². The number of amides is 1. The van der Waals surface area contributed by atoms with Crippen LogP contribution in [0.5, 0.6) is 0 Å². The number of hydrogen-bond donors (Lipinski definition) is 1. The highest BCUT2D eigenvalue weighted by Crippen LogP contribution is 2.45. The van der Waals surface area contributed by atoms with E-state index in [1.807, 2.05) is 30.6 Å². The maximum absolute atomic E-state index is 12.9. The average Bonchev–Trinajstić information content (AvgIpc) is 3.36. The van der Waals surface area contributed by atoms with E-state index in [1.54, 1.807) is 10.7 Å². The van der Waals surface area contributed by atoms with Crippen molar-refractivity contribution >= 4 is 11.6 Å². The van der Waals surface area contributed by atoms with E-state index in [1.165, 1.54) is 0 Å². The predicted octanol–water partition coefficient (Wildman–Crippen LogP) is 2.99. The summed E-state index contributed by atoms with van der Waals surface area (Å²) in [5, 5.41) is 7.56. The third kappa shape index (κ3) is 3.45. The van der Waals surface area contributed by atoms with Gasteiger partial charge in [0.05, 0.1) is 11.7 Å². The molecule has 0 spiro atoms. The normalized spacial score (nSPS) is 15.2. The topological polar surface area (TPSA) is 62.5 Å². The highest BCUT2D eigenvalue weighted by molar-refractivity contribution is 6.00. The van der Waals surface area contributed by atoms with Crippen LogP contribution in [-0.4, -0.2) is 38.5 Å². The molecule has 2 heterocycles. The average molecular weight is 363 g/mol. The van der Waals surface area contributed by atoms with Crippen LogP contribution in [0.3, 0.4) is 0 Å². The Labute approximate surface area is 159 Å². The summed E-state index contributed by atoms with van der Waals surface area (Å²) >= 11 is 0. The molecule has 6 nitrogen and oxygen atoms in total. The van der Waals surface area contributed by atoms with Crippen LogP contribution in [0.2, 0.25) is 0 Å². The van der Waals surface area contributed by atoms with E-state index in [2.05, 4.69) is 46.3 Å². The Balaban J connectivity index is 1.55. The number of fused-ring (bicyclic) bond motifs is 1. The van der Waals surface area contributed by atoms with Gasteiger partial charge in [0.25, 0.3) is 5.91 Å². The van der Waals surface area contributed by atoms with E-state index in [-0.39, 0.29) is 11.4 Å². The van der Waals surface area contributed by atoms with Crippen LogP contribution < -0.4 is 5.32 Å². The Morgan fingerprint density at radius 2 is 1.93 bits per heavy atom. The molecule has 1 N–H and O–H groups in total. The van der Waals surface area contributed by atoms with Gasteiger partial charge in [-0.05, 0) is 31.5 Å². The number of benzene rings is 1. The zero-order valence-corrected chi connectivity index (χ0v) is 15.9. The number of nitrogens with one attached hydrogen (secondary N) is 1. The van der Waals surface area contributed by atoms with Gasteiger partial charge in [-0.2, -0.15) is 5.10 Å². The van der Waals surface area contributed by atoms with Crippen LogP contribution in [0.4, 0.5) is 0 Å². The Morgan fingerprint density at radius 3 is 2.59 bits per heavy atom. The Bertz CT molecular complexity index is 942. The van der Waals surface area contributed by atoms with Crippen molar-refractivity contribution in [1.29, 1.82) is 0 Å². The molecule has 0 radical (unpaired) electrons. The molecule has 6 heteroatoms. The zero-order chi connectivity index (χ0) is 18.9. The van der Waals surface area contributed by atoms with Crippen molar-refractivity contribution in [2.45, 2.75) is 38.8 Å². The molecule has 1 aromatic carbocycles. The third-order valence-corrected chi connectivity index (χ3v) is 5.38. The van der Waals surface area contributed by atoms with Gasteiger partial charge in [0, 0.05) is 24.5 Å². The second kappa shape index (κ2) is 7.12. The third-order valence-electron chi connectivity index (χ3n) is 5.38. The van der Waals surface area contributed by atoms with Crippen molar-refractivity contribution < 1.29 is 4.79 Å². The first-order chi connectivity index (χ1) is 13.1. The van der Waals surface area contributed by atoms with E-state index in [4.69, 9.17) is 0 Å². The number of aromatic nitrogens is 3. The predicted molar refractivity (Wildman–Crippen MR) is 104 cm³/mol. The van der Waals surface area contributed by atoms with Gasteiger partial charge >= 0.3 is 0 Å². The number of carbonyl (C=O) groups excluding carboxylic acids is 1. The maximum atomic E-state index is 12.9. The van der Waals surface area contributed by atoms with Gasteiger partial charge in [-0.25, -0.2) is 9.50 Å². The first-order valence-electron chi connectivity index (χ1n) is 9.58. The first kappa shape index (κ1) is 17.7. The summed E-state index contributed by atoms with van der Waals surface area (Å²) in [6.45, 7) is 7.10. The lowest BCUT2D eigenvalue weighted by Gasteiger charge is -2.18. The van der Waals surface area contributed by atoms with Gasteiger partial charge in [-0.1, -0.05) is 44.2 Å². The lowest BCUT2D eigenvalue weighted by molar-refractivity contribution is 0.0932. The number of nitrogens with zero attached hydrogens (tertiary/aromatic N) is 4. The largest absolute Gasteiger partial charge is 0.342 e. The summed E-state index contributed by atoms with van der Waals surface area (Å²) in [6.07, 6.45) is 7.34. The highest BCUT2D eigenvalue weighted by atomic mass is 16.2. The van der Waals surface area contributed by atoms with Crippen molar-refractivity contribution in [1.82, 2.24) is 24.8 Å². The summed E-state index contributed by atoms with van der Waals surface area (Å²) < 4.78 is 1.70. The lowest BCUT2D eigenvalue weighted by atomic mass is 10.0. The van der Waals surface area contributed by atoms with E-state index >= 15 is 0 Å². The standard InChI is InChI=1S/C21H25N5O/c1-3-25(4-2)14-16-12-22-19-18(13-23-26(19)15-16)20(27)24-21(10-11-21)17-8-6-5-7-9-17/h5-9,12-13,15H,3-4,10-11,14H2,1-2H3,(H,24,27). The SMILES string of the molecule is CCN(CC)Cc1cnc2c(C(=O)NC3(c4ccccc4)CC3)cnn2c1. The van der Waals surface area contributed by atoms with Crippen LogP contribution >= 0.6 is 0 Å². The molecular weight excluding hydrogens is 338 g/mol. The fourth-order valence-electron chi connectivity index (χ4n) is 3.51. The molecule has 1 aliphatic carbocycles. The molecule has 140 valence electrons. The van der Waals surface area contributed by atoms with E-state index in [9.17, 15) is 4.79 Å². The molecule has 0 atom stereocenters. The smallest absolute Gasteiger partial charge is 0.257 e. The fraction of sp³-hybridized carbons (Fsp3) is 0.381. The minimum absolute atomic E-state index is 0.115. The molecule has 1 aliphatic rings. The van der Waals surface area contributed by atoms with Gasteiger partial charge in [-0.3, -0.25) is 9.69 Å². The quantitative estimate of drug-likeness (QED) is 0.701. The second-order valence-electron chi connectivity index (χ2n) is 7.15. The number of carbonyl (C=O) groups is 1. The maximum Gasteiger partial charge on any atom is 0.257 e. The molecule has 4 rings (SSSR count). The van der Waals surface area contributed by atoms with E-state index < -0.39 is 0 Å². The van der Waals surface area contributed by atoms with Crippen molar-refractivity contribution in [3.8, 4) is 0 Å². The van der Waals surface area contributed by atoms with Crippen LogP contribution in [0.15, 0.2) is 48.9 Å². The van der Waals surface area contributed by atoms with Crippen LogP contribution in [-0.2, 0) is 12.1 Å². The van der Waals surface area contributed by atoms with Gasteiger partial charge < -0.3 is 5.32 Å². The molecule has 3 aromatic rings. The summed E-state index contributed by atoms with van der Waals surface area (Å²) in [5.74, 6) is -0.115. The van der Waals surface area contributed by atoms with E-state index in [0.717, 1.165) is 43.6 Å². The zero-order valence-electron chi connectivity index (χ0n) is 15.9. The second-order valence-corrected chi connectivity index (χ2v) is 7.15. The van der Waals surface area contributed by atoms with Crippen LogP contribution in [0.1, 0.15) is 48.2 Å². The molecule has 1 saturated carbocycles. The summed E-state index contributed by atoms with van der Waals surface area (Å²) in [4.78, 5) is 19.7. The molecule has 0 saturated heterocycles. The highest BCUT2D eigenvalue weighted by Gasteiger charge is 2.45. The summed E-state index contributed by atoms with van der Waals surface area (Å²) in [5.41, 5.74) is 3.12. The molecule has 0 aliphatic heterocycles. The molecule has 0 unspecified atom stereocenters. The molecule has 1 amide bonds. The van der Waals surface area contributed by atoms with Crippen molar-refractivity contribution in [2.75, 3.05) is 13.1 Å². The minimum atomic E-state index is -0.241. The number of rotatable bonds is 7. The lowest BCUT2D eigenvalue weighted by Crippen LogP contribution is -2.34. The number of hydrogen-bond acceptors (Lipinski definition) is 4. The summed E-state index contributed by atoms with van der Waals surface area (Å²) in [7, 11) is 0. The van der Waals surface area contributed by atoms with Gasteiger partial charge in [0.1, 0.15) is 5.56 Å². The summed E-state index contributed by atoms with van der Waals surface area (Å²) in [6, 6.07) is 10.2. The Kier molecular flexibility index (Phi) is 4.66. The minimum Gasteiger partial charge on any atom is -0.342 e. The molecule has 2 aromatic heterocycles. The first-order valence-corrected chi connectivity index (χ1v) is 9.58. The van der Waals surface area contributed by atoms with E-state index in [0.29, 0.717) is 11.2 Å². The monoisotopic (exact) mass is 363 g/mol. The Hall–Kier alpha value is -2.73. The van der Waals surface area contributed by atoms with Gasteiger partial charge in [-0.15, -0.1) is 0 Å². The van der Waals surface area contributed by atoms with Gasteiger partial charge in [0.15, 0.2) is 5.65 Å². The fourth-order valence-corrected chi connectivity index (χ4v) is 3.51. The van der Waals surface area contributed by atoms with Gasteiger partial charge in [0.2, 0.25) is 0 Å². The Morgan fingerprint density at radius 1 is 1.19 bits per heavy atom. The molecular formula is C21H25N5O.